The Morgan fingerprint density at radius 2 is 2.00 bits per heavy atom. The van der Waals surface area contributed by atoms with Crippen LogP contribution in [0.1, 0.15) is 27.2 Å². The molecule has 1 aliphatic rings. The van der Waals surface area contributed by atoms with Gasteiger partial charge < -0.3 is 14.5 Å². The second kappa shape index (κ2) is 5.21. The van der Waals surface area contributed by atoms with Crippen LogP contribution in [-0.4, -0.2) is 60.9 Å². The first-order chi connectivity index (χ1) is 7.70. The predicted octanol–water partition coefficient (Wildman–Crippen LogP) is 1.90. The summed E-state index contributed by atoms with van der Waals surface area (Å²) in [5.74, 6) is 0. The van der Waals surface area contributed by atoms with E-state index in [4.69, 9.17) is 4.74 Å². The number of piperidine rings is 1. The molecule has 0 aromatic rings. The fraction of sp³-hybridized carbons (Fsp3) is 0.917. The van der Waals surface area contributed by atoms with Crippen molar-refractivity contribution < 1.29 is 13.9 Å². The van der Waals surface area contributed by atoms with Gasteiger partial charge in [0, 0.05) is 12.6 Å². The number of rotatable bonds is 1. The summed E-state index contributed by atoms with van der Waals surface area (Å²) in [7, 11) is 3.72. The van der Waals surface area contributed by atoms with Gasteiger partial charge in [-0.2, -0.15) is 0 Å². The van der Waals surface area contributed by atoms with E-state index in [2.05, 4.69) is 0 Å². The van der Waals surface area contributed by atoms with E-state index >= 15 is 0 Å². The SMILES string of the molecule is CN(C)[C@H]1CCN(C(=O)OC(C)(C)C)C[C@H]1F. The summed E-state index contributed by atoms with van der Waals surface area (Å²) in [4.78, 5) is 15.1. The van der Waals surface area contributed by atoms with Crippen LogP contribution in [0.4, 0.5) is 9.18 Å². The highest BCUT2D eigenvalue weighted by Gasteiger charge is 2.34. The number of alkyl halides is 1. The first kappa shape index (κ1) is 14.2. The van der Waals surface area contributed by atoms with Gasteiger partial charge in [0.05, 0.1) is 6.54 Å². The molecule has 0 spiro atoms. The van der Waals surface area contributed by atoms with Crippen molar-refractivity contribution in [3.63, 3.8) is 0 Å². The zero-order valence-corrected chi connectivity index (χ0v) is 11.4. The summed E-state index contributed by atoms with van der Waals surface area (Å²) >= 11 is 0. The summed E-state index contributed by atoms with van der Waals surface area (Å²) < 4.78 is 19.1. The minimum absolute atomic E-state index is 0.103. The third-order valence-electron chi connectivity index (χ3n) is 2.82. The van der Waals surface area contributed by atoms with Crippen LogP contribution in [0.5, 0.6) is 0 Å². The minimum Gasteiger partial charge on any atom is -0.444 e. The van der Waals surface area contributed by atoms with Crippen molar-refractivity contribution in [3.8, 4) is 0 Å². The van der Waals surface area contributed by atoms with E-state index in [-0.39, 0.29) is 12.6 Å². The topological polar surface area (TPSA) is 32.8 Å². The Bertz CT molecular complexity index is 276. The van der Waals surface area contributed by atoms with Crippen LogP contribution in [0.2, 0.25) is 0 Å². The van der Waals surface area contributed by atoms with Crippen LogP contribution in [0.25, 0.3) is 0 Å². The second-order valence-electron chi connectivity index (χ2n) is 5.76. The van der Waals surface area contributed by atoms with E-state index in [0.29, 0.717) is 13.0 Å². The number of likely N-dealkylation sites (tertiary alicyclic amines) is 1. The molecule has 0 saturated carbocycles. The number of nitrogens with zero attached hydrogens (tertiary/aromatic N) is 2. The Kier molecular flexibility index (Phi) is 4.36. The summed E-state index contributed by atoms with van der Waals surface area (Å²) in [5, 5.41) is 0. The first-order valence-electron chi connectivity index (χ1n) is 5.99. The number of halogens is 1. The monoisotopic (exact) mass is 246 g/mol. The lowest BCUT2D eigenvalue weighted by molar-refractivity contribution is 0.000978. The second-order valence-corrected chi connectivity index (χ2v) is 5.76. The normalized spacial score (nSPS) is 26.2. The molecule has 0 N–H and O–H groups in total. The minimum atomic E-state index is -1.01. The lowest BCUT2D eigenvalue weighted by Gasteiger charge is -2.38. The lowest BCUT2D eigenvalue weighted by atomic mass is 10.0. The van der Waals surface area contributed by atoms with Gasteiger partial charge in [-0.3, -0.25) is 0 Å². The number of carbonyl (C=O) groups is 1. The first-order valence-corrected chi connectivity index (χ1v) is 5.99. The molecule has 1 rings (SSSR count). The molecule has 0 aromatic heterocycles. The Hall–Kier alpha value is -0.840. The number of carbonyl (C=O) groups excluding carboxylic acids is 1. The molecular weight excluding hydrogens is 223 g/mol. The van der Waals surface area contributed by atoms with Gasteiger partial charge in [0.1, 0.15) is 11.8 Å². The molecule has 0 aromatic carbocycles. The van der Waals surface area contributed by atoms with Gasteiger partial charge in [0.2, 0.25) is 0 Å². The number of hydrogen-bond acceptors (Lipinski definition) is 3. The van der Waals surface area contributed by atoms with Crippen LogP contribution >= 0.6 is 0 Å². The van der Waals surface area contributed by atoms with Crippen molar-refractivity contribution in [1.29, 1.82) is 0 Å². The van der Waals surface area contributed by atoms with E-state index in [1.807, 2.05) is 39.8 Å². The Balaban J connectivity index is 2.52. The fourth-order valence-electron chi connectivity index (χ4n) is 1.97. The quantitative estimate of drug-likeness (QED) is 0.708. The highest BCUT2D eigenvalue weighted by atomic mass is 19.1. The third-order valence-corrected chi connectivity index (χ3v) is 2.82. The van der Waals surface area contributed by atoms with Crippen molar-refractivity contribution in [3.05, 3.63) is 0 Å². The molecule has 1 saturated heterocycles. The molecule has 17 heavy (non-hydrogen) atoms. The van der Waals surface area contributed by atoms with E-state index in [1.165, 1.54) is 4.90 Å². The van der Waals surface area contributed by atoms with E-state index in [1.54, 1.807) is 0 Å². The summed E-state index contributed by atoms with van der Waals surface area (Å²) in [5.41, 5.74) is -0.526. The van der Waals surface area contributed by atoms with Crippen LogP contribution in [0, 0.1) is 0 Å². The molecule has 1 fully saturated rings. The number of ether oxygens (including phenoxy) is 1. The van der Waals surface area contributed by atoms with Crippen LogP contribution in [-0.2, 0) is 4.74 Å². The van der Waals surface area contributed by atoms with Crippen LogP contribution in [0.15, 0.2) is 0 Å². The van der Waals surface area contributed by atoms with Crippen LogP contribution < -0.4 is 0 Å². The highest BCUT2D eigenvalue weighted by Crippen LogP contribution is 2.20. The smallest absolute Gasteiger partial charge is 0.410 e. The van der Waals surface area contributed by atoms with Crippen LogP contribution in [0.3, 0.4) is 0 Å². The van der Waals surface area contributed by atoms with Gasteiger partial charge in [-0.25, -0.2) is 9.18 Å². The van der Waals surface area contributed by atoms with Gasteiger partial charge in [0.25, 0.3) is 0 Å². The molecule has 0 radical (unpaired) electrons. The van der Waals surface area contributed by atoms with E-state index < -0.39 is 17.9 Å². The van der Waals surface area contributed by atoms with Crippen molar-refractivity contribution in [1.82, 2.24) is 9.80 Å². The molecule has 4 nitrogen and oxygen atoms in total. The molecular formula is C12H23FN2O2. The molecule has 0 bridgehead atoms. The predicted molar refractivity (Wildman–Crippen MR) is 64.8 cm³/mol. The molecule has 0 unspecified atom stereocenters. The molecule has 1 aliphatic heterocycles. The Labute approximate surface area is 103 Å². The van der Waals surface area contributed by atoms with Gasteiger partial charge in [-0.15, -0.1) is 0 Å². The average Bonchev–Trinajstić information content (AvgIpc) is 2.14. The Morgan fingerprint density at radius 3 is 2.41 bits per heavy atom. The lowest BCUT2D eigenvalue weighted by Crippen LogP contribution is -2.52. The van der Waals surface area contributed by atoms with Crippen molar-refractivity contribution in [2.24, 2.45) is 0 Å². The molecule has 100 valence electrons. The maximum atomic E-state index is 13.9. The molecule has 2 atom stereocenters. The Morgan fingerprint density at radius 1 is 1.41 bits per heavy atom. The van der Waals surface area contributed by atoms with E-state index in [9.17, 15) is 9.18 Å². The largest absolute Gasteiger partial charge is 0.444 e. The zero-order valence-electron chi connectivity index (χ0n) is 11.4. The summed E-state index contributed by atoms with van der Waals surface area (Å²) in [6.07, 6.45) is -0.781. The molecule has 1 amide bonds. The average molecular weight is 246 g/mol. The van der Waals surface area contributed by atoms with Gasteiger partial charge >= 0.3 is 6.09 Å². The maximum Gasteiger partial charge on any atom is 0.410 e. The maximum absolute atomic E-state index is 13.9. The molecule has 0 aliphatic carbocycles. The molecule has 5 heteroatoms. The van der Waals surface area contributed by atoms with Crippen molar-refractivity contribution in [2.75, 3.05) is 27.2 Å². The zero-order chi connectivity index (χ0) is 13.2. The summed E-state index contributed by atoms with van der Waals surface area (Å²) in [6, 6.07) is -0.103. The van der Waals surface area contributed by atoms with Crippen molar-refractivity contribution in [2.45, 2.75) is 45.0 Å². The van der Waals surface area contributed by atoms with E-state index in [0.717, 1.165) is 0 Å². The number of amides is 1. The van der Waals surface area contributed by atoms with Crippen molar-refractivity contribution >= 4 is 6.09 Å². The highest BCUT2D eigenvalue weighted by molar-refractivity contribution is 5.68. The standard InChI is InChI=1S/C12H23FN2O2/c1-12(2,3)17-11(16)15-7-6-10(14(4)5)9(13)8-15/h9-10H,6-8H2,1-5H3/t9-,10+/m1/s1. The third kappa shape index (κ3) is 4.15. The van der Waals surface area contributed by atoms with Gasteiger partial charge in [-0.05, 0) is 41.3 Å². The molecule has 1 heterocycles. The fourth-order valence-corrected chi connectivity index (χ4v) is 1.97. The van der Waals surface area contributed by atoms with Gasteiger partial charge in [-0.1, -0.05) is 0 Å². The van der Waals surface area contributed by atoms with Gasteiger partial charge in [0.15, 0.2) is 0 Å². The number of hydrogen-bond donors (Lipinski definition) is 0. The summed E-state index contributed by atoms with van der Waals surface area (Å²) in [6.45, 7) is 6.11.